The number of carbonyl (C=O) groups is 1. The predicted octanol–water partition coefficient (Wildman–Crippen LogP) is 1.79. The topological polar surface area (TPSA) is 29.5 Å². The van der Waals surface area contributed by atoms with E-state index < -0.39 is 8.32 Å². The Morgan fingerprint density at radius 1 is 1.42 bits per heavy atom. The van der Waals surface area contributed by atoms with Crippen LogP contribution in [0.4, 0.5) is 0 Å². The summed E-state index contributed by atoms with van der Waals surface area (Å²) in [5, 5.41) is 0. The highest BCUT2D eigenvalue weighted by atomic mass is 28.4. The van der Waals surface area contributed by atoms with E-state index in [0.717, 1.165) is 0 Å². The Morgan fingerprint density at radius 2 is 1.83 bits per heavy atom. The van der Waals surface area contributed by atoms with Gasteiger partial charge in [-0.05, 0) is 26.2 Å². The molecule has 0 aliphatic heterocycles. The Bertz CT molecular complexity index is 196. The second kappa shape index (κ2) is 3.76. The number of hydrogen-bond donors (Lipinski definition) is 0. The maximum absolute atomic E-state index is 10.9. The van der Waals surface area contributed by atoms with Crippen molar-refractivity contribution in [3.05, 3.63) is 12.5 Å². The van der Waals surface area contributed by atoms with Crippen molar-refractivity contribution in [2.75, 3.05) is 7.05 Å². The minimum atomic E-state index is -1.62. The normalized spacial score (nSPS) is 10.8. The quantitative estimate of drug-likeness (QED) is 0.498. The summed E-state index contributed by atoms with van der Waals surface area (Å²) in [6, 6.07) is 0. The van der Waals surface area contributed by atoms with Gasteiger partial charge in [0.25, 0.3) is 0 Å². The molecule has 0 aromatic rings. The number of amides is 1. The Morgan fingerprint density at radius 3 is 2.08 bits per heavy atom. The largest absolute Gasteiger partial charge is 0.533 e. The van der Waals surface area contributed by atoms with Crippen LogP contribution in [0.15, 0.2) is 12.5 Å². The van der Waals surface area contributed by atoms with Crippen molar-refractivity contribution in [1.82, 2.24) is 4.90 Å². The molecule has 0 saturated carbocycles. The molecule has 3 nitrogen and oxygen atoms in total. The van der Waals surface area contributed by atoms with E-state index in [1.807, 2.05) is 19.6 Å². The van der Waals surface area contributed by atoms with E-state index in [1.54, 1.807) is 7.05 Å². The van der Waals surface area contributed by atoms with Crippen LogP contribution in [0.2, 0.25) is 19.6 Å². The fourth-order valence-electron chi connectivity index (χ4n) is 0.598. The number of hydrogen-bond acceptors (Lipinski definition) is 2. The highest BCUT2D eigenvalue weighted by Crippen LogP contribution is 2.11. The van der Waals surface area contributed by atoms with Gasteiger partial charge in [-0.2, -0.15) is 0 Å². The SMILES string of the molecule is C=C(O[Si](C)(C)C)N(C)C(C)=O. The van der Waals surface area contributed by atoms with Gasteiger partial charge in [0, 0.05) is 14.0 Å². The van der Waals surface area contributed by atoms with Crippen molar-refractivity contribution >= 4 is 14.2 Å². The molecule has 0 aliphatic carbocycles. The van der Waals surface area contributed by atoms with Crippen LogP contribution in [0, 0.1) is 0 Å². The summed E-state index contributed by atoms with van der Waals surface area (Å²) in [5.41, 5.74) is 0. The first-order valence-corrected chi connectivity index (χ1v) is 7.27. The fourth-order valence-corrected chi connectivity index (χ4v) is 1.44. The van der Waals surface area contributed by atoms with Gasteiger partial charge < -0.3 is 4.43 Å². The molecule has 0 bridgehead atoms. The Labute approximate surface area is 75.1 Å². The van der Waals surface area contributed by atoms with E-state index >= 15 is 0 Å². The van der Waals surface area contributed by atoms with E-state index in [0.29, 0.717) is 5.88 Å². The second-order valence-corrected chi connectivity index (χ2v) is 8.12. The standard InChI is InChI=1S/C8H17NO2Si/c1-7(10)9(3)8(2)11-12(4,5)6/h2H2,1,3-6H3. The summed E-state index contributed by atoms with van der Waals surface area (Å²) in [7, 11) is 0.0352. The third-order valence-corrected chi connectivity index (χ3v) is 2.12. The molecule has 4 heteroatoms. The van der Waals surface area contributed by atoms with Gasteiger partial charge in [0.15, 0.2) is 5.88 Å². The van der Waals surface area contributed by atoms with Gasteiger partial charge in [-0.15, -0.1) is 0 Å². The summed E-state index contributed by atoms with van der Waals surface area (Å²) in [5.74, 6) is 0.389. The maximum atomic E-state index is 10.9. The summed E-state index contributed by atoms with van der Waals surface area (Å²) in [6.07, 6.45) is 0. The molecule has 0 atom stereocenters. The zero-order valence-electron chi connectivity index (χ0n) is 8.47. The first kappa shape index (κ1) is 11.2. The summed E-state index contributed by atoms with van der Waals surface area (Å²) < 4.78 is 5.51. The maximum Gasteiger partial charge on any atom is 0.244 e. The van der Waals surface area contributed by atoms with Crippen molar-refractivity contribution in [3.63, 3.8) is 0 Å². The zero-order valence-corrected chi connectivity index (χ0v) is 9.47. The van der Waals surface area contributed by atoms with E-state index in [9.17, 15) is 4.79 Å². The van der Waals surface area contributed by atoms with Gasteiger partial charge in [0.1, 0.15) is 0 Å². The molecule has 0 fully saturated rings. The number of carbonyl (C=O) groups excluding carboxylic acids is 1. The molecular formula is C8H17NO2Si. The molecule has 0 aromatic heterocycles. The lowest BCUT2D eigenvalue weighted by Crippen LogP contribution is -2.32. The molecule has 0 unspecified atom stereocenters. The third-order valence-electron chi connectivity index (χ3n) is 1.27. The van der Waals surface area contributed by atoms with Crippen molar-refractivity contribution in [2.24, 2.45) is 0 Å². The monoisotopic (exact) mass is 187 g/mol. The second-order valence-electron chi connectivity index (χ2n) is 3.69. The van der Waals surface area contributed by atoms with Gasteiger partial charge in [-0.3, -0.25) is 9.69 Å². The van der Waals surface area contributed by atoms with Gasteiger partial charge in [-0.25, -0.2) is 0 Å². The molecule has 1 amide bonds. The van der Waals surface area contributed by atoms with Crippen molar-refractivity contribution in [2.45, 2.75) is 26.6 Å². The first-order chi connectivity index (χ1) is 5.24. The lowest BCUT2D eigenvalue weighted by Gasteiger charge is -2.25. The van der Waals surface area contributed by atoms with E-state index in [-0.39, 0.29) is 5.91 Å². The van der Waals surface area contributed by atoms with Crippen molar-refractivity contribution in [1.29, 1.82) is 0 Å². The highest BCUT2D eigenvalue weighted by Gasteiger charge is 2.19. The predicted molar refractivity (Wildman–Crippen MR) is 52.0 cm³/mol. The van der Waals surface area contributed by atoms with Crippen LogP contribution in [-0.2, 0) is 9.22 Å². The fraction of sp³-hybridized carbons (Fsp3) is 0.625. The van der Waals surface area contributed by atoms with Crippen LogP contribution in [0.25, 0.3) is 0 Å². The van der Waals surface area contributed by atoms with Gasteiger partial charge >= 0.3 is 0 Å². The molecule has 0 N–H and O–H groups in total. The number of nitrogens with zero attached hydrogens (tertiary/aromatic N) is 1. The van der Waals surface area contributed by atoms with Gasteiger partial charge in [0.2, 0.25) is 14.2 Å². The lowest BCUT2D eigenvalue weighted by molar-refractivity contribution is -0.127. The zero-order chi connectivity index (χ0) is 9.94. The van der Waals surface area contributed by atoms with Crippen molar-refractivity contribution in [3.8, 4) is 0 Å². The molecule has 12 heavy (non-hydrogen) atoms. The molecule has 0 spiro atoms. The summed E-state index contributed by atoms with van der Waals surface area (Å²) in [4.78, 5) is 12.3. The Hall–Kier alpha value is -0.773. The minimum absolute atomic E-state index is 0.0572. The van der Waals surface area contributed by atoms with Crippen LogP contribution in [0.3, 0.4) is 0 Å². The van der Waals surface area contributed by atoms with E-state index in [1.165, 1.54) is 11.8 Å². The highest BCUT2D eigenvalue weighted by molar-refractivity contribution is 6.70. The summed E-state index contributed by atoms with van der Waals surface area (Å²) >= 11 is 0. The smallest absolute Gasteiger partial charge is 0.244 e. The van der Waals surface area contributed by atoms with E-state index in [2.05, 4.69) is 6.58 Å². The Kier molecular flexibility index (Phi) is 3.51. The molecule has 0 aliphatic rings. The van der Waals surface area contributed by atoms with Crippen LogP contribution in [-0.4, -0.2) is 26.2 Å². The molecule has 0 radical (unpaired) electrons. The van der Waals surface area contributed by atoms with Crippen LogP contribution >= 0.6 is 0 Å². The average molecular weight is 187 g/mol. The van der Waals surface area contributed by atoms with Gasteiger partial charge in [0.05, 0.1) is 0 Å². The minimum Gasteiger partial charge on any atom is -0.533 e. The van der Waals surface area contributed by atoms with Crippen molar-refractivity contribution < 1.29 is 9.22 Å². The first-order valence-electron chi connectivity index (χ1n) is 3.86. The molecule has 70 valence electrons. The molecule has 0 rings (SSSR count). The third kappa shape index (κ3) is 4.18. The molecule has 0 heterocycles. The van der Waals surface area contributed by atoms with Crippen LogP contribution < -0.4 is 0 Å². The van der Waals surface area contributed by atoms with E-state index in [4.69, 9.17) is 4.43 Å². The molecule has 0 aromatic carbocycles. The average Bonchev–Trinajstić information content (AvgIpc) is 1.82. The Balaban J connectivity index is 4.15. The molecule has 0 saturated heterocycles. The number of rotatable bonds is 3. The van der Waals surface area contributed by atoms with Crippen LogP contribution in [0.1, 0.15) is 6.92 Å². The lowest BCUT2D eigenvalue weighted by atomic mass is 10.6. The summed E-state index contributed by atoms with van der Waals surface area (Å²) in [6.45, 7) is 11.3. The van der Waals surface area contributed by atoms with Crippen LogP contribution in [0.5, 0.6) is 0 Å². The molecular weight excluding hydrogens is 170 g/mol. The van der Waals surface area contributed by atoms with Gasteiger partial charge in [-0.1, -0.05) is 0 Å².